The SMILES string of the molecule is Cc1cc(C)c2[nH]ccc2c1C[C@@H]1CCN(CC(F)F)C[C@H]1c1cnn(C)c1. The zero-order valence-electron chi connectivity index (χ0n) is 16.8. The van der Waals surface area contributed by atoms with E-state index in [2.05, 4.69) is 36.1 Å². The zero-order valence-corrected chi connectivity index (χ0v) is 16.8. The van der Waals surface area contributed by atoms with Crippen LogP contribution in [0, 0.1) is 19.8 Å². The molecule has 2 atom stereocenters. The summed E-state index contributed by atoms with van der Waals surface area (Å²) in [5.41, 5.74) is 6.31. The fourth-order valence-electron chi connectivity index (χ4n) is 4.86. The highest BCUT2D eigenvalue weighted by molar-refractivity contribution is 5.87. The first-order chi connectivity index (χ1) is 13.4. The van der Waals surface area contributed by atoms with Crippen LogP contribution < -0.4 is 0 Å². The average molecular weight is 386 g/mol. The number of aromatic amines is 1. The summed E-state index contributed by atoms with van der Waals surface area (Å²) in [4.78, 5) is 5.27. The minimum atomic E-state index is -2.29. The molecular weight excluding hydrogens is 358 g/mol. The summed E-state index contributed by atoms with van der Waals surface area (Å²) in [5, 5.41) is 5.62. The number of halogens is 2. The molecule has 0 saturated carbocycles. The lowest BCUT2D eigenvalue weighted by atomic mass is 9.77. The van der Waals surface area contributed by atoms with Crippen molar-refractivity contribution in [3.63, 3.8) is 0 Å². The van der Waals surface area contributed by atoms with E-state index in [1.165, 1.54) is 27.6 Å². The predicted octanol–water partition coefficient (Wildman–Crippen LogP) is 4.43. The van der Waals surface area contributed by atoms with Gasteiger partial charge in [-0.25, -0.2) is 8.78 Å². The molecule has 0 unspecified atom stereocenters. The lowest BCUT2D eigenvalue weighted by molar-refractivity contribution is 0.0612. The van der Waals surface area contributed by atoms with Crippen LogP contribution >= 0.6 is 0 Å². The third-order valence-corrected chi connectivity index (χ3v) is 6.23. The summed E-state index contributed by atoms with van der Waals surface area (Å²) in [5.74, 6) is 0.633. The molecular formula is C22H28F2N4. The van der Waals surface area contributed by atoms with Gasteiger partial charge in [0, 0.05) is 42.8 Å². The Kier molecular flexibility index (Phi) is 5.23. The van der Waals surface area contributed by atoms with Crippen molar-refractivity contribution >= 4 is 10.9 Å². The first kappa shape index (κ1) is 19.1. The second kappa shape index (κ2) is 7.66. The van der Waals surface area contributed by atoms with E-state index in [4.69, 9.17) is 0 Å². The normalized spacial score (nSPS) is 21.1. The number of aryl methyl sites for hydroxylation is 3. The van der Waals surface area contributed by atoms with Crippen LogP contribution in [0.25, 0.3) is 10.9 Å². The molecule has 0 radical (unpaired) electrons. The third kappa shape index (κ3) is 3.70. The predicted molar refractivity (Wildman–Crippen MR) is 108 cm³/mol. The van der Waals surface area contributed by atoms with Gasteiger partial charge in [0.15, 0.2) is 0 Å². The summed E-state index contributed by atoms with van der Waals surface area (Å²) in [6, 6.07) is 4.41. The number of hydrogen-bond acceptors (Lipinski definition) is 2. The fourth-order valence-corrected chi connectivity index (χ4v) is 4.86. The summed E-state index contributed by atoms with van der Waals surface area (Å²) >= 11 is 0. The second-order valence-electron chi connectivity index (χ2n) is 8.21. The van der Waals surface area contributed by atoms with Gasteiger partial charge in [0.25, 0.3) is 6.43 Å². The van der Waals surface area contributed by atoms with Gasteiger partial charge in [-0.15, -0.1) is 0 Å². The van der Waals surface area contributed by atoms with Crippen molar-refractivity contribution in [1.82, 2.24) is 19.7 Å². The Labute approximate surface area is 164 Å². The number of fused-ring (bicyclic) bond motifs is 1. The van der Waals surface area contributed by atoms with E-state index in [0.29, 0.717) is 12.5 Å². The Morgan fingerprint density at radius 1 is 1.29 bits per heavy atom. The fraction of sp³-hybridized carbons (Fsp3) is 0.500. The van der Waals surface area contributed by atoms with Crippen LogP contribution in [0.4, 0.5) is 8.78 Å². The Hall–Kier alpha value is -2.21. The van der Waals surface area contributed by atoms with Crippen molar-refractivity contribution < 1.29 is 8.78 Å². The molecule has 1 aliphatic heterocycles. The number of rotatable bonds is 5. The van der Waals surface area contributed by atoms with Gasteiger partial charge in [0.05, 0.1) is 12.7 Å². The monoisotopic (exact) mass is 386 g/mol. The quantitative estimate of drug-likeness (QED) is 0.704. The number of likely N-dealkylation sites (tertiary alicyclic amines) is 1. The molecule has 6 heteroatoms. The Balaban J connectivity index is 1.65. The summed E-state index contributed by atoms with van der Waals surface area (Å²) in [6.07, 6.45) is 5.54. The molecule has 4 nitrogen and oxygen atoms in total. The molecule has 4 rings (SSSR count). The highest BCUT2D eigenvalue weighted by Crippen LogP contribution is 2.37. The van der Waals surface area contributed by atoms with Gasteiger partial charge in [-0.2, -0.15) is 5.10 Å². The summed E-state index contributed by atoms with van der Waals surface area (Å²) in [6.45, 7) is 5.57. The number of nitrogens with one attached hydrogen (secondary N) is 1. The number of piperidine rings is 1. The third-order valence-electron chi connectivity index (χ3n) is 6.23. The summed E-state index contributed by atoms with van der Waals surface area (Å²) in [7, 11) is 1.91. The van der Waals surface area contributed by atoms with Crippen LogP contribution in [0.3, 0.4) is 0 Å². The van der Waals surface area contributed by atoms with E-state index in [0.717, 1.165) is 24.9 Å². The maximum atomic E-state index is 13.0. The molecule has 3 aromatic rings. The van der Waals surface area contributed by atoms with E-state index in [-0.39, 0.29) is 12.5 Å². The first-order valence-corrected chi connectivity index (χ1v) is 9.97. The molecule has 1 aliphatic rings. The molecule has 28 heavy (non-hydrogen) atoms. The molecule has 1 N–H and O–H groups in total. The molecule has 1 saturated heterocycles. The van der Waals surface area contributed by atoms with Gasteiger partial charge in [-0.05, 0) is 67.5 Å². The molecule has 0 amide bonds. The molecule has 1 fully saturated rings. The minimum Gasteiger partial charge on any atom is -0.361 e. The Morgan fingerprint density at radius 3 is 2.82 bits per heavy atom. The average Bonchev–Trinajstić information content (AvgIpc) is 3.28. The lowest BCUT2D eigenvalue weighted by Crippen LogP contribution is -2.42. The van der Waals surface area contributed by atoms with Crippen molar-refractivity contribution in [3.8, 4) is 0 Å². The van der Waals surface area contributed by atoms with E-state index in [9.17, 15) is 8.78 Å². The second-order valence-corrected chi connectivity index (χ2v) is 8.21. The van der Waals surface area contributed by atoms with Crippen LogP contribution in [0.1, 0.15) is 34.6 Å². The van der Waals surface area contributed by atoms with E-state index < -0.39 is 6.43 Å². The molecule has 0 bridgehead atoms. The van der Waals surface area contributed by atoms with Crippen molar-refractivity contribution in [3.05, 3.63) is 53.0 Å². The van der Waals surface area contributed by atoms with Crippen molar-refractivity contribution in [2.45, 2.75) is 39.0 Å². The largest absolute Gasteiger partial charge is 0.361 e. The van der Waals surface area contributed by atoms with E-state index in [1.807, 2.05) is 30.5 Å². The molecule has 1 aromatic carbocycles. The smallest absolute Gasteiger partial charge is 0.251 e. The summed E-state index contributed by atoms with van der Waals surface area (Å²) < 4.78 is 27.7. The van der Waals surface area contributed by atoms with Crippen LogP contribution in [0.2, 0.25) is 0 Å². The van der Waals surface area contributed by atoms with Gasteiger partial charge in [-0.1, -0.05) is 6.07 Å². The van der Waals surface area contributed by atoms with Gasteiger partial charge < -0.3 is 4.98 Å². The molecule has 0 aliphatic carbocycles. The van der Waals surface area contributed by atoms with Crippen molar-refractivity contribution in [1.29, 1.82) is 0 Å². The van der Waals surface area contributed by atoms with Crippen molar-refractivity contribution in [2.75, 3.05) is 19.6 Å². The van der Waals surface area contributed by atoms with E-state index in [1.54, 1.807) is 4.68 Å². The van der Waals surface area contributed by atoms with Gasteiger partial charge in [0.2, 0.25) is 0 Å². The number of aromatic nitrogens is 3. The topological polar surface area (TPSA) is 36.9 Å². The van der Waals surface area contributed by atoms with E-state index >= 15 is 0 Å². The van der Waals surface area contributed by atoms with Gasteiger partial charge in [-0.3, -0.25) is 9.58 Å². The van der Waals surface area contributed by atoms with Crippen LogP contribution in [0.5, 0.6) is 0 Å². The Bertz CT molecular complexity index is 959. The van der Waals surface area contributed by atoms with Gasteiger partial charge >= 0.3 is 0 Å². The van der Waals surface area contributed by atoms with Crippen molar-refractivity contribution in [2.24, 2.45) is 13.0 Å². The van der Waals surface area contributed by atoms with Crippen LogP contribution in [-0.4, -0.2) is 45.7 Å². The number of alkyl halides is 2. The number of nitrogens with zero attached hydrogens (tertiary/aromatic N) is 3. The number of benzene rings is 1. The zero-order chi connectivity index (χ0) is 19.8. The van der Waals surface area contributed by atoms with Crippen LogP contribution in [-0.2, 0) is 13.5 Å². The molecule has 0 spiro atoms. The molecule has 3 heterocycles. The van der Waals surface area contributed by atoms with Gasteiger partial charge in [0.1, 0.15) is 0 Å². The highest BCUT2D eigenvalue weighted by Gasteiger charge is 2.33. The standard InChI is InChI=1S/C22H28F2N4/c1-14-8-15(2)22-18(4-6-25-22)19(14)9-16-5-7-28(13-21(23)24)12-20(16)17-10-26-27(3)11-17/h4,6,8,10-11,16,20-21,25H,5,7,9,12-13H2,1-3H3/t16-,20+/m0/s1. The minimum absolute atomic E-state index is 0.144. The van der Waals surface area contributed by atoms with Crippen LogP contribution in [0.15, 0.2) is 30.7 Å². The molecule has 2 aromatic heterocycles. The highest BCUT2D eigenvalue weighted by atomic mass is 19.3. The number of H-pyrrole nitrogens is 1. The lowest BCUT2D eigenvalue weighted by Gasteiger charge is -2.38. The maximum Gasteiger partial charge on any atom is 0.251 e. The first-order valence-electron chi connectivity index (χ1n) is 9.97. The maximum absolute atomic E-state index is 13.0. The Morgan fingerprint density at radius 2 is 2.11 bits per heavy atom. The molecule has 150 valence electrons. The number of hydrogen-bond donors (Lipinski definition) is 1.